The fourth-order valence-corrected chi connectivity index (χ4v) is 5.65. The maximum atomic E-state index is 12.5. The highest BCUT2D eigenvalue weighted by atomic mass is 31.2. The van der Waals surface area contributed by atoms with E-state index in [1.807, 2.05) is 21.1 Å². The number of esters is 2. The predicted molar refractivity (Wildman–Crippen MR) is 181 cm³/mol. The summed E-state index contributed by atoms with van der Waals surface area (Å²) in [7, 11) is 1.12. The van der Waals surface area contributed by atoms with Crippen molar-refractivity contribution < 1.29 is 46.8 Å². The molecular weight excluding hydrogens is 609 g/mol. The summed E-state index contributed by atoms with van der Waals surface area (Å²) >= 11 is 0. The van der Waals surface area contributed by atoms with Crippen LogP contribution in [0.5, 0.6) is 0 Å². The number of hydrogen-bond donors (Lipinski definition) is 0. The van der Waals surface area contributed by atoms with Gasteiger partial charge in [0.15, 0.2) is 6.10 Å². The molecule has 0 aliphatic heterocycles. The summed E-state index contributed by atoms with van der Waals surface area (Å²) in [6, 6.07) is 0. The van der Waals surface area contributed by atoms with Crippen molar-refractivity contribution in [3.05, 3.63) is 0 Å². The van der Waals surface area contributed by atoms with Crippen LogP contribution in [0.4, 0.5) is 0 Å². The molecule has 2 atom stereocenters. The number of phosphoric ester groups is 1. The van der Waals surface area contributed by atoms with Gasteiger partial charge in [0.2, 0.25) is 0 Å². The van der Waals surface area contributed by atoms with E-state index < -0.39 is 32.5 Å². The van der Waals surface area contributed by atoms with Crippen LogP contribution in [-0.4, -0.2) is 76.3 Å². The van der Waals surface area contributed by atoms with Gasteiger partial charge in [-0.25, -0.2) is 0 Å². The Morgan fingerprint density at radius 2 is 1.13 bits per heavy atom. The second-order valence-electron chi connectivity index (χ2n) is 13.6. The van der Waals surface area contributed by atoms with Crippen molar-refractivity contribution in [2.45, 2.75) is 161 Å². The SMILES string of the molecule is CCCCCCCCCCCCCCCC(=O)OC[C@H](COP(=O)([O-])OCC[N+](C)(C)C)OC(=O)CCCCCCCCCC=O. The van der Waals surface area contributed by atoms with Gasteiger partial charge >= 0.3 is 11.9 Å². The first-order valence-electron chi connectivity index (χ1n) is 18.2. The number of phosphoric acid groups is 1. The number of aldehydes is 1. The molecule has 46 heavy (non-hydrogen) atoms. The molecule has 0 aromatic heterocycles. The Labute approximate surface area is 280 Å². The van der Waals surface area contributed by atoms with Crippen LogP contribution in [0.2, 0.25) is 0 Å². The molecule has 272 valence electrons. The normalized spacial score (nSPS) is 13.7. The van der Waals surface area contributed by atoms with Gasteiger partial charge in [0.05, 0.1) is 27.7 Å². The predicted octanol–water partition coefficient (Wildman–Crippen LogP) is 7.84. The number of ether oxygens (including phenoxy) is 2. The van der Waals surface area contributed by atoms with Crippen LogP contribution in [0.1, 0.15) is 155 Å². The monoisotopic (exact) mass is 677 g/mol. The van der Waals surface area contributed by atoms with E-state index in [0.717, 1.165) is 64.1 Å². The zero-order valence-electron chi connectivity index (χ0n) is 29.8. The summed E-state index contributed by atoms with van der Waals surface area (Å²) in [5.41, 5.74) is 0. The minimum atomic E-state index is -4.62. The van der Waals surface area contributed by atoms with Crippen LogP contribution in [0.3, 0.4) is 0 Å². The van der Waals surface area contributed by atoms with Gasteiger partial charge in [-0.05, 0) is 19.3 Å². The summed E-state index contributed by atoms with van der Waals surface area (Å²) in [5.74, 6) is -0.888. The molecule has 0 heterocycles. The van der Waals surface area contributed by atoms with E-state index in [0.29, 0.717) is 23.9 Å². The van der Waals surface area contributed by atoms with Crippen molar-refractivity contribution in [3.63, 3.8) is 0 Å². The summed E-state index contributed by atoms with van der Waals surface area (Å²) in [4.78, 5) is 47.5. The molecule has 0 N–H and O–H groups in total. The molecule has 0 saturated heterocycles. The Morgan fingerprint density at radius 1 is 0.674 bits per heavy atom. The number of quaternary nitrogens is 1. The molecule has 0 radical (unpaired) electrons. The molecule has 0 aliphatic carbocycles. The van der Waals surface area contributed by atoms with E-state index in [1.54, 1.807) is 0 Å². The number of rotatable bonds is 34. The van der Waals surface area contributed by atoms with Crippen molar-refractivity contribution in [2.75, 3.05) is 47.5 Å². The Morgan fingerprint density at radius 3 is 1.61 bits per heavy atom. The summed E-state index contributed by atoms with van der Waals surface area (Å²) in [6.45, 7) is 1.90. The van der Waals surface area contributed by atoms with E-state index in [1.165, 1.54) is 64.2 Å². The van der Waals surface area contributed by atoms with E-state index in [9.17, 15) is 23.8 Å². The largest absolute Gasteiger partial charge is 0.756 e. The smallest absolute Gasteiger partial charge is 0.306 e. The van der Waals surface area contributed by atoms with E-state index in [-0.39, 0.29) is 26.1 Å². The summed E-state index contributed by atoms with van der Waals surface area (Å²) < 4.78 is 33.5. The Bertz CT molecular complexity index is 803. The van der Waals surface area contributed by atoms with E-state index in [4.69, 9.17) is 18.5 Å². The molecule has 0 amide bonds. The van der Waals surface area contributed by atoms with Gasteiger partial charge in [0, 0.05) is 19.3 Å². The van der Waals surface area contributed by atoms with E-state index in [2.05, 4.69) is 6.92 Å². The molecule has 0 spiro atoms. The zero-order chi connectivity index (χ0) is 34.4. The fourth-order valence-electron chi connectivity index (χ4n) is 4.93. The van der Waals surface area contributed by atoms with Crippen LogP contribution in [0, 0.1) is 0 Å². The number of nitrogens with zero attached hydrogens (tertiary/aromatic N) is 1. The summed E-state index contributed by atoms with van der Waals surface area (Å²) in [5, 5.41) is 0. The van der Waals surface area contributed by atoms with Crippen LogP contribution in [0.15, 0.2) is 0 Å². The van der Waals surface area contributed by atoms with E-state index >= 15 is 0 Å². The van der Waals surface area contributed by atoms with Gasteiger partial charge in [0.1, 0.15) is 26.0 Å². The standard InChI is InChI=1S/C35H68NO9P/c1-5-6-7-8-9-10-11-12-13-14-17-20-23-26-34(38)42-31-33(32-44-46(40,41)43-30-28-36(2,3)4)45-35(39)27-24-21-18-15-16-19-22-25-29-37/h29,33H,5-28,30-32H2,1-4H3/t33-/m1/s1. The topological polar surface area (TPSA) is 128 Å². The van der Waals surface area contributed by atoms with Gasteiger partial charge in [-0.1, -0.05) is 116 Å². The lowest BCUT2D eigenvalue weighted by molar-refractivity contribution is -0.870. The molecule has 1 unspecified atom stereocenters. The van der Waals surface area contributed by atoms with Crippen LogP contribution in [0.25, 0.3) is 0 Å². The number of hydrogen-bond acceptors (Lipinski definition) is 9. The van der Waals surface area contributed by atoms with Crippen molar-refractivity contribution >= 4 is 26.0 Å². The maximum absolute atomic E-state index is 12.5. The van der Waals surface area contributed by atoms with Gasteiger partial charge in [-0.2, -0.15) is 0 Å². The average Bonchev–Trinajstić information content (AvgIpc) is 2.99. The lowest BCUT2D eigenvalue weighted by Gasteiger charge is -2.28. The molecule has 0 aromatic carbocycles. The van der Waals surface area contributed by atoms with Crippen LogP contribution < -0.4 is 4.89 Å². The Kier molecular flexibility index (Phi) is 28.9. The second kappa shape index (κ2) is 29.8. The first kappa shape index (κ1) is 44.7. The number of likely N-dealkylation sites (N-methyl/N-ethyl adjacent to an activating group) is 1. The number of carbonyl (C=O) groups is 3. The van der Waals surface area contributed by atoms with Gasteiger partial charge < -0.3 is 32.7 Å². The molecule has 10 nitrogen and oxygen atoms in total. The number of carbonyl (C=O) groups excluding carboxylic acids is 3. The minimum Gasteiger partial charge on any atom is -0.756 e. The molecule has 0 rings (SSSR count). The van der Waals surface area contributed by atoms with Crippen LogP contribution >= 0.6 is 7.82 Å². The van der Waals surface area contributed by atoms with Crippen molar-refractivity contribution in [1.82, 2.24) is 0 Å². The minimum absolute atomic E-state index is 0.0417. The van der Waals surface area contributed by atoms with Crippen molar-refractivity contribution in [1.29, 1.82) is 0 Å². The average molecular weight is 678 g/mol. The first-order valence-corrected chi connectivity index (χ1v) is 19.6. The Hall–Kier alpha value is -1.32. The quantitative estimate of drug-likeness (QED) is 0.0220. The van der Waals surface area contributed by atoms with Crippen LogP contribution in [-0.2, 0) is 37.5 Å². The lowest BCUT2D eigenvalue weighted by Crippen LogP contribution is -2.37. The third-order valence-electron chi connectivity index (χ3n) is 7.85. The molecule has 11 heteroatoms. The molecule has 0 saturated carbocycles. The molecule has 0 fully saturated rings. The molecule has 0 bridgehead atoms. The number of unbranched alkanes of at least 4 members (excludes halogenated alkanes) is 19. The highest BCUT2D eigenvalue weighted by Gasteiger charge is 2.21. The summed E-state index contributed by atoms with van der Waals surface area (Å²) in [6.07, 6.45) is 23.3. The van der Waals surface area contributed by atoms with Gasteiger partial charge in [-0.3, -0.25) is 14.2 Å². The molecule has 0 aliphatic rings. The fraction of sp³-hybridized carbons (Fsp3) is 0.914. The highest BCUT2D eigenvalue weighted by Crippen LogP contribution is 2.38. The molecular formula is C35H68NO9P. The van der Waals surface area contributed by atoms with Crippen molar-refractivity contribution in [3.8, 4) is 0 Å². The maximum Gasteiger partial charge on any atom is 0.306 e. The first-order chi connectivity index (χ1) is 22.0. The lowest BCUT2D eigenvalue weighted by atomic mass is 10.0. The van der Waals surface area contributed by atoms with Crippen molar-refractivity contribution in [2.24, 2.45) is 0 Å². The molecule has 0 aromatic rings. The van der Waals surface area contributed by atoms with Gasteiger partial charge in [0.25, 0.3) is 7.82 Å². The highest BCUT2D eigenvalue weighted by molar-refractivity contribution is 7.45. The van der Waals surface area contributed by atoms with Gasteiger partial charge in [-0.15, -0.1) is 0 Å². The Balaban J connectivity index is 4.40. The second-order valence-corrected chi connectivity index (χ2v) is 15.0. The third kappa shape index (κ3) is 32.6. The zero-order valence-corrected chi connectivity index (χ0v) is 30.7. The third-order valence-corrected chi connectivity index (χ3v) is 8.81.